The van der Waals surface area contributed by atoms with Crippen molar-refractivity contribution in [1.82, 2.24) is 14.6 Å². The molecule has 6 heteroatoms. The van der Waals surface area contributed by atoms with Gasteiger partial charge in [-0.05, 0) is 46.4 Å². The molecule has 0 amide bonds. The van der Waals surface area contributed by atoms with Crippen LogP contribution in [0.15, 0.2) is 36.5 Å². The first kappa shape index (κ1) is 15.2. The van der Waals surface area contributed by atoms with Crippen LogP contribution in [-0.4, -0.2) is 35.4 Å². The maximum Gasteiger partial charge on any atom is 0.154 e. The summed E-state index contributed by atoms with van der Waals surface area (Å²) < 4.78 is 15.1. The van der Waals surface area contributed by atoms with E-state index in [-0.39, 0.29) is 6.67 Å². The average molecular weight is 410 g/mol. The van der Waals surface area contributed by atoms with Gasteiger partial charge in [-0.3, -0.25) is 4.39 Å². The molecule has 0 radical (unpaired) electrons. The minimum absolute atomic E-state index is 0.376. The molecule has 0 spiro atoms. The number of imidazole rings is 1. The van der Waals surface area contributed by atoms with Crippen molar-refractivity contribution in [2.75, 3.05) is 25.7 Å². The number of nitrogens with zero attached hydrogens (tertiary/aromatic N) is 4. The average Bonchev–Trinajstić information content (AvgIpc) is 2.90. The number of alkyl halides is 1. The van der Waals surface area contributed by atoms with Crippen LogP contribution in [0.5, 0.6) is 0 Å². The number of rotatable bonds is 4. The highest BCUT2D eigenvalue weighted by atomic mass is 127. The largest absolute Gasteiger partial charge is 0.378 e. The summed E-state index contributed by atoms with van der Waals surface area (Å²) in [6.07, 6.45) is 2.28. The Labute approximate surface area is 142 Å². The molecule has 0 unspecified atom stereocenters. The van der Waals surface area contributed by atoms with Crippen molar-refractivity contribution in [3.05, 3.63) is 45.8 Å². The number of anilines is 1. The summed E-state index contributed by atoms with van der Waals surface area (Å²) in [5.41, 5.74) is 4.70. The summed E-state index contributed by atoms with van der Waals surface area (Å²) in [7, 11) is 4.02. The summed E-state index contributed by atoms with van der Waals surface area (Å²) >= 11 is 2.14. The van der Waals surface area contributed by atoms with Crippen LogP contribution in [0.2, 0.25) is 0 Å². The first-order valence-electron chi connectivity index (χ1n) is 6.97. The fourth-order valence-corrected chi connectivity index (χ4v) is 2.94. The predicted octanol–water partition coefficient (Wildman–Crippen LogP) is 3.58. The molecule has 0 atom stereocenters. The Bertz CT molecular complexity index is 796. The fourth-order valence-electron chi connectivity index (χ4n) is 2.28. The third-order valence-electron chi connectivity index (χ3n) is 3.52. The van der Waals surface area contributed by atoms with Gasteiger partial charge in [-0.2, -0.15) is 5.10 Å². The van der Waals surface area contributed by atoms with Crippen LogP contribution < -0.4 is 4.90 Å². The highest BCUT2D eigenvalue weighted by Gasteiger charge is 2.09. The molecular formula is C16H16FIN4. The fraction of sp³-hybridized carbons (Fsp3) is 0.250. The Morgan fingerprint density at radius 3 is 2.59 bits per heavy atom. The topological polar surface area (TPSA) is 33.4 Å². The van der Waals surface area contributed by atoms with E-state index in [1.165, 1.54) is 0 Å². The molecular weight excluding hydrogens is 394 g/mol. The van der Waals surface area contributed by atoms with Crippen molar-refractivity contribution in [2.45, 2.75) is 6.42 Å². The second kappa shape index (κ2) is 6.20. The van der Waals surface area contributed by atoms with E-state index in [1.807, 2.05) is 38.5 Å². The highest BCUT2D eigenvalue weighted by Crippen LogP contribution is 2.23. The third kappa shape index (κ3) is 2.92. The lowest BCUT2D eigenvalue weighted by molar-refractivity contribution is 0.494. The molecule has 2 heterocycles. The molecule has 0 bridgehead atoms. The van der Waals surface area contributed by atoms with Gasteiger partial charge in [0.1, 0.15) is 3.70 Å². The first-order chi connectivity index (χ1) is 10.6. The van der Waals surface area contributed by atoms with Crippen LogP contribution >= 0.6 is 22.6 Å². The Kier molecular flexibility index (Phi) is 4.28. The second-order valence-electron chi connectivity index (χ2n) is 5.27. The third-order valence-corrected chi connectivity index (χ3v) is 4.43. The van der Waals surface area contributed by atoms with Crippen molar-refractivity contribution in [2.24, 2.45) is 0 Å². The summed E-state index contributed by atoms with van der Waals surface area (Å²) in [6, 6.07) is 10.1. The Morgan fingerprint density at radius 2 is 1.95 bits per heavy atom. The number of halogens is 2. The zero-order valence-corrected chi connectivity index (χ0v) is 14.6. The summed E-state index contributed by atoms with van der Waals surface area (Å²) in [4.78, 5) is 6.66. The van der Waals surface area contributed by atoms with Gasteiger partial charge < -0.3 is 4.90 Å². The molecule has 114 valence electrons. The number of aromatic nitrogens is 3. The lowest BCUT2D eigenvalue weighted by Gasteiger charge is -2.11. The standard InChI is InChI=1S/C16H16FIN4/c1-21(2)13-5-3-11(4-6-13)14-10-22-15(19-14)9-12(7-8-17)16(18)20-22/h3-6,9-10H,7-8H2,1-2H3. The van der Waals surface area contributed by atoms with Gasteiger partial charge in [0.15, 0.2) is 5.65 Å². The minimum Gasteiger partial charge on any atom is -0.378 e. The van der Waals surface area contributed by atoms with Crippen LogP contribution in [0.1, 0.15) is 5.56 Å². The molecule has 0 aliphatic carbocycles. The molecule has 0 aliphatic heterocycles. The minimum atomic E-state index is -0.382. The number of aryl methyl sites for hydroxylation is 1. The Morgan fingerprint density at radius 1 is 1.23 bits per heavy atom. The molecule has 0 fully saturated rings. The molecule has 4 nitrogen and oxygen atoms in total. The zero-order valence-electron chi connectivity index (χ0n) is 12.4. The zero-order chi connectivity index (χ0) is 15.7. The van der Waals surface area contributed by atoms with Gasteiger partial charge in [0, 0.05) is 31.8 Å². The van der Waals surface area contributed by atoms with Crippen LogP contribution in [0, 0.1) is 3.70 Å². The van der Waals surface area contributed by atoms with Gasteiger partial charge in [0.2, 0.25) is 0 Å². The molecule has 1 aromatic carbocycles. The van der Waals surface area contributed by atoms with Crippen LogP contribution in [0.25, 0.3) is 16.9 Å². The maximum absolute atomic E-state index is 12.6. The van der Waals surface area contributed by atoms with Crippen molar-refractivity contribution < 1.29 is 4.39 Å². The van der Waals surface area contributed by atoms with E-state index in [2.05, 4.69) is 49.7 Å². The van der Waals surface area contributed by atoms with Crippen LogP contribution in [0.3, 0.4) is 0 Å². The van der Waals surface area contributed by atoms with Crippen LogP contribution in [0.4, 0.5) is 10.1 Å². The van der Waals surface area contributed by atoms with Gasteiger partial charge in [-0.25, -0.2) is 9.50 Å². The number of hydrogen-bond acceptors (Lipinski definition) is 3. The molecule has 0 aliphatic rings. The predicted molar refractivity (Wildman–Crippen MR) is 95.1 cm³/mol. The van der Waals surface area contributed by atoms with Crippen molar-refractivity contribution in [3.8, 4) is 11.3 Å². The SMILES string of the molecule is CN(C)c1ccc(-c2cn3nc(I)c(CCF)cc3n2)cc1. The Balaban J connectivity index is 2.00. The van der Waals surface area contributed by atoms with Crippen LogP contribution in [-0.2, 0) is 6.42 Å². The summed E-state index contributed by atoms with van der Waals surface area (Å²) in [5.74, 6) is 0. The van der Waals surface area contributed by atoms with Gasteiger partial charge in [0.25, 0.3) is 0 Å². The number of hydrogen-bond donors (Lipinski definition) is 0. The summed E-state index contributed by atoms with van der Waals surface area (Å²) in [6.45, 7) is -0.382. The quantitative estimate of drug-likeness (QED) is 0.617. The number of benzene rings is 1. The van der Waals surface area contributed by atoms with E-state index in [4.69, 9.17) is 0 Å². The number of fused-ring (bicyclic) bond motifs is 1. The van der Waals surface area contributed by atoms with Crippen molar-refractivity contribution in [1.29, 1.82) is 0 Å². The lowest BCUT2D eigenvalue weighted by atomic mass is 10.1. The normalized spacial score (nSPS) is 11.1. The first-order valence-corrected chi connectivity index (χ1v) is 8.05. The van der Waals surface area contributed by atoms with E-state index in [0.717, 1.165) is 31.9 Å². The van der Waals surface area contributed by atoms with Gasteiger partial charge in [-0.15, -0.1) is 0 Å². The molecule has 0 saturated carbocycles. The van der Waals surface area contributed by atoms with Gasteiger partial charge >= 0.3 is 0 Å². The summed E-state index contributed by atoms with van der Waals surface area (Å²) in [5, 5.41) is 4.45. The second-order valence-corrected chi connectivity index (χ2v) is 6.29. The molecule has 0 N–H and O–H groups in total. The van der Waals surface area contributed by atoms with Gasteiger partial charge in [0.05, 0.1) is 18.6 Å². The van der Waals surface area contributed by atoms with E-state index in [1.54, 1.807) is 4.52 Å². The lowest BCUT2D eigenvalue weighted by Crippen LogP contribution is -2.07. The molecule has 22 heavy (non-hydrogen) atoms. The van der Waals surface area contributed by atoms with Crippen molar-refractivity contribution in [3.63, 3.8) is 0 Å². The molecule has 2 aromatic heterocycles. The van der Waals surface area contributed by atoms with E-state index in [9.17, 15) is 4.39 Å². The van der Waals surface area contributed by atoms with E-state index < -0.39 is 0 Å². The monoisotopic (exact) mass is 410 g/mol. The Hall–Kier alpha value is -1.70. The molecule has 3 aromatic rings. The van der Waals surface area contributed by atoms with Gasteiger partial charge in [-0.1, -0.05) is 12.1 Å². The highest BCUT2D eigenvalue weighted by molar-refractivity contribution is 14.1. The van der Waals surface area contributed by atoms with E-state index in [0.29, 0.717) is 6.42 Å². The maximum atomic E-state index is 12.6. The van der Waals surface area contributed by atoms with E-state index >= 15 is 0 Å². The van der Waals surface area contributed by atoms with Crippen molar-refractivity contribution >= 4 is 33.9 Å². The molecule has 3 rings (SSSR count). The smallest absolute Gasteiger partial charge is 0.154 e. The molecule has 0 saturated heterocycles.